The third-order valence-corrected chi connectivity index (χ3v) is 4.60. The zero-order valence-electron chi connectivity index (χ0n) is 14.9. The number of hydrogen-bond acceptors (Lipinski definition) is 2. The summed E-state index contributed by atoms with van der Waals surface area (Å²) in [5.74, 6) is 0.828. The van der Waals surface area contributed by atoms with Crippen LogP contribution in [0.1, 0.15) is 23.1 Å². The number of aryl methyl sites for hydroxylation is 1. The summed E-state index contributed by atoms with van der Waals surface area (Å²) in [6, 6.07) is 30.8. The van der Waals surface area contributed by atoms with Gasteiger partial charge < -0.3 is 4.98 Å². The lowest BCUT2D eigenvalue weighted by atomic mass is 10.0. The largest absolute Gasteiger partial charge is 0.339 e. The highest BCUT2D eigenvalue weighted by Crippen LogP contribution is 2.30. The van der Waals surface area contributed by atoms with Crippen molar-refractivity contribution >= 4 is 22.4 Å². The van der Waals surface area contributed by atoms with E-state index in [2.05, 4.69) is 47.5 Å². The van der Waals surface area contributed by atoms with Crippen molar-refractivity contribution in [2.45, 2.75) is 12.8 Å². The summed E-state index contributed by atoms with van der Waals surface area (Å²) in [4.78, 5) is 8.49. The summed E-state index contributed by atoms with van der Waals surface area (Å²) in [6.07, 6.45) is 1.15. The molecule has 0 aliphatic heterocycles. The average Bonchev–Trinajstić information content (AvgIpc) is 3.09. The van der Waals surface area contributed by atoms with Gasteiger partial charge in [0.1, 0.15) is 5.82 Å². The van der Waals surface area contributed by atoms with E-state index in [4.69, 9.17) is 10.3 Å². The fourth-order valence-electron chi connectivity index (χ4n) is 3.31. The molecule has 0 unspecified atom stereocenters. The van der Waals surface area contributed by atoms with Gasteiger partial charge in [-0.2, -0.15) is 5.26 Å². The number of benzene rings is 3. The Morgan fingerprint density at radius 3 is 2.04 bits per heavy atom. The number of para-hydroxylation sites is 1. The molecule has 0 bridgehead atoms. The van der Waals surface area contributed by atoms with E-state index in [0.717, 1.165) is 39.1 Å². The lowest BCUT2D eigenvalue weighted by Gasteiger charge is -2.08. The van der Waals surface area contributed by atoms with Crippen LogP contribution in [0.2, 0.25) is 0 Å². The first-order chi connectivity index (χ1) is 13.4. The Kier molecular flexibility index (Phi) is 4.80. The maximum absolute atomic E-state index is 9.07. The minimum Gasteiger partial charge on any atom is -0.339 e. The van der Waals surface area contributed by atoms with E-state index in [9.17, 15) is 0 Å². The van der Waals surface area contributed by atoms with Gasteiger partial charge in [0.15, 0.2) is 0 Å². The van der Waals surface area contributed by atoms with Crippen LogP contribution in [0.5, 0.6) is 0 Å². The summed E-state index contributed by atoms with van der Waals surface area (Å²) in [5, 5.41) is 10.2. The Morgan fingerprint density at radius 1 is 0.815 bits per heavy atom. The van der Waals surface area contributed by atoms with E-state index in [1.807, 2.05) is 48.5 Å². The number of aliphatic imine (C=N–C) groups is 1. The average molecular weight is 349 g/mol. The lowest BCUT2D eigenvalue weighted by molar-refractivity contribution is 1.02. The molecular weight excluding hydrogens is 330 g/mol. The summed E-state index contributed by atoms with van der Waals surface area (Å²) in [5.41, 5.74) is 5.18. The van der Waals surface area contributed by atoms with Crippen molar-refractivity contribution in [2.24, 2.45) is 4.99 Å². The Balaban J connectivity index is 1.92. The summed E-state index contributed by atoms with van der Waals surface area (Å²) in [6.45, 7) is 0. The van der Waals surface area contributed by atoms with Gasteiger partial charge in [-0.1, -0.05) is 78.9 Å². The molecule has 1 heterocycles. The van der Waals surface area contributed by atoms with E-state index in [0.29, 0.717) is 12.8 Å². The molecule has 0 radical (unpaired) electrons. The van der Waals surface area contributed by atoms with E-state index in [-0.39, 0.29) is 0 Å². The summed E-state index contributed by atoms with van der Waals surface area (Å²) in [7, 11) is 0. The zero-order valence-corrected chi connectivity index (χ0v) is 14.9. The second kappa shape index (κ2) is 7.72. The van der Waals surface area contributed by atoms with Gasteiger partial charge in [0.2, 0.25) is 0 Å². The lowest BCUT2D eigenvalue weighted by Crippen LogP contribution is -2.03. The van der Waals surface area contributed by atoms with Crippen LogP contribution in [0.3, 0.4) is 0 Å². The van der Waals surface area contributed by atoms with Crippen molar-refractivity contribution in [1.82, 2.24) is 4.98 Å². The number of aromatic amines is 1. The van der Waals surface area contributed by atoms with Crippen LogP contribution < -0.4 is 0 Å². The molecule has 1 N–H and O–H groups in total. The van der Waals surface area contributed by atoms with Gasteiger partial charge in [0.05, 0.1) is 11.8 Å². The van der Waals surface area contributed by atoms with Crippen molar-refractivity contribution in [2.75, 3.05) is 0 Å². The third-order valence-electron chi connectivity index (χ3n) is 4.60. The molecule has 1 aromatic heterocycles. The molecule has 0 fully saturated rings. The smallest absolute Gasteiger partial charge is 0.135 e. The molecule has 27 heavy (non-hydrogen) atoms. The predicted octanol–water partition coefficient (Wildman–Crippen LogP) is 5.79. The van der Waals surface area contributed by atoms with E-state index in [1.54, 1.807) is 0 Å². The number of aromatic nitrogens is 1. The zero-order chi connectivity index (χ0) is 18.5. The van der Waals surface area contributed by atoms with Crippen LogP contribution in [-0.4, -0.2) is 10.7 Å². The van der Waals surface area contributed by atoms with Crippen LogP contribution in [0, 0.1) is 11.3 Å². The number of nitrogens with one attached hydrogen (secondary N) is 1. The minimum absolute atomic E-state index is 0.469. The Hall–Kier alpha value is -3.64. The second-order valence-electron chi connectivity index (χ2n) is 6.35. The fraction of sp³-hybridized carbons (Fsp3) is 0.0833. The monoisotopic (exact) mass is 349 g/mol. The van der Waals surface area contributed by atoms with Gasteiger partial charge in [0, 0.05) is 34.0 Å². The Labute approximate surface area is 158 Å². The highest BCUT2D eigenvalue weighted by Gasteiger charge is 2.13. The van der Waals surface area contributed by atoms with Gasteiger partial charge in [-0.25, -0.2) is 4.99 Å². The summed E-state index contributed by atoms with van der Waals surface area (Å²) >= 11 is 0. The third kappa shape index (κ3) is 3.51. The fourth-order valence-corrected chi connectivity index (χ4v) is 3.31. The van der Waals surface area contributed by atoms with E-state index >= 15 is 0 Å². The first kappa shape index (κ1) is 16.8. The number of fused-ring (bicyclic) bond motifs is 1. The highest BCUT2D eigenvalue weighted by molar-refractivity contribution is 6.14. The van der Waals surface area contributed by atoms with E-state index < -0.39 is 0 Å². The molecule has 3 nitrogen and oxygen atoms in total. The van der Waals surface area contributed by atoms with Crippen molar-refractivity contribution in [3.05, 3.63) is 102 Å². The molecular formula is C24H19N3. The van der Waals surface area contributed by atoms with Crippen LogP contribution in [0.15, 0.2) is 89.9 Å². The van der Waals surface area contributed by atoms with Gasteiger partial charge in [-0.3, -0.25) is 0 Å². The molecule has 0 aliphatic carbocycles. The quantitative estimate of drug-likeness (QED) is 0.455. The van der Waals surface area contributed by atoms with Crippen molar-refractivity contribution in [1.29, 1.82) is 5.26 Å². The first-order valence-corrected chi connectivity index (χ1v) is 9.03. The normalized spacial score (nSPS) is 10.5. The maximum atomic E-state index is 9.07. The van der Waals surface area contributed by atoms with Gasteiger partial charge in [0.25, 0.3) is 0 Å². The van der Waals surface area contributed by atoms with Crippen molar-refractivity contribution < 1.29 is 0 Å². The molecule has 130 valence electrons. The molecule has 0 amide bonds. The van der Waals surface area contributed by atoms with Crippen LogP contribution in [0.4, 0.5) is 5.82 Å². The maximum Gasteiger partial charge on any atom is 0.135 e. The van der Waals surface area contributed by atoms with Crippen molar-refractivity contribution in [3.63, 3.8) is 0 Å². The molecule has 0 spiro atoms. The molecule has 3 aromatic carbocycles. The number of nitriles is 1. The number of H-pyrrole nitrogens is 1. The number of hydrogen-bond donors (Lipinski definition) is 1. The SMILES string of the molecule is N#CCCc1c(N=C(c2ccccc2)c2ccccc2)[nH]c2ccccc12. The number of nitrogens with zero attached hydrogens (tertiary/aromatic N) is 2. The van der Waals surface area contributed by atoms with Crippen LogP contribution >= 0.6 is 0 Å². The number of rotatable bonds is 5. The van der Waals surface area contributed by atoms with Crippen LogP contribution in [-0.2, 0) is 6.42 Å². The van der Waals surface area contributed by atoms with Gasteiger partial charge >= 0.3 is 0 Å². The predicted molar refractivity (Wildman–Crippen MR) is 110 cm³/mol. The van der Waals surface area contributed by atoms with Gasteiger partial charge in [-0.15, -0.1) is 0 Å². The first-order valence-electron chi connectivity index (χ1n) is 9.03. The standard InChI is InChI=1S/C24H19N3/c25-17-9-15-21-20-14-7-8-16-22(20)26-24(21)27-23(18-10-3-1-4-11-18)19-12-5-2-6-13-19/h1-8,10-14,16,26H,9,15H2. The Bertz CT molecular complexity index is 1080. The molecule has 4 rings (SSSR count). The molecule has 4 aromatic rings. The minimum atomic E-state index is 0.469. The molecule has 0 aliphatic rings. The topological polar surface area (TPSA) is 51.9 Å². The Morgan fingerprint density at radius 2 is 1.41 bits per heavy atom. The van der Waals surface area contributed by atoms with Crippen LogP contribution in [0.25, 0.3) is 10.9 Å². The van der Waals surface area contributed by atoms with Gasteiger partial charge in [-0.05, 0) is 12.5 Å². The van der Waals surface area contributed by atoms with E-state index in [1.165, 1.54) is 0 Å². The van der Waals surface area contributed by atoms with Crippen molar-refractivity contribution in [3.8, 4) is 6.07 Å². The molecule has 0 atom stereocenters. The molecule has 3 heteroatoms. The molecule has 0 saturated carbocycles. The highest BCUT2D eigenvalue weighted by atomic mass is 14.9. The molecule has 0 saturated heterocycles. The second-order valence-corrected chi connectivity index (χ2v) is 6.35. The summed E-state index contributed by atoms with van der Waals surface area (Å²) < 4.78 is 0.